The Morgan fingerprint density at radius 3 is 2.33 bits per heavy atom. The molecule has 1 aliphatic heterocycles. The molecule has 0 saturated carbocycles. The minimum absolute atomic E-state index is 0.0458. The molecule has 1 fully saturated rings. The number of amides is 1. The summed E-state index contributed by atoms with van der Waals surface area (Å²) in [6.07, 6.45) is 0.0458. The first-order chi connectivity index (χ1) is 11.3. The van der Waals surface area contributed by atoms with Gasteiger partial charge in [0.15, 0.2) is 0 Å². The van der Waals surface area contributed by atoms with Gasteiger partial charge in [-0.2, -0.15) is 0 Å². The standard InChI is InChI=1S/C16H14ClFN2O3S/c17-11-1-7-15(8-2-11)24(22,23)19-13-9-16(21)20(10-13)14-5-3-12(18)4-6-14/h1-8,13,19H,9-10H2/t13-/m0/s1. The van der Waals surface area contributed by atoms with Crippen molar-refractivity contribution >= 4 is 33.2 Å². The molecular formula is C16H14ClFN2O3S. The van der Waals surface area contributed by atoms with Crippen LogP contribution in [0.2, 0.25) is 5.02 Å². The van der Waals surface area contributed by atoms with E-state index in [-0.39, 0.29) is 23.8 Å². The van der Waals surface area contributed by atoms with E-state index in [1.165, 1.54) is 53.4 Å². The molecule has 0 aliphatic carbocycles. The highest BCUT2D eigenvalue weighted by atomic mass is 35.5. The van der Waals surface area contributed by atoms with Crippen LogP contribution in [0.15, 0.2) is 53.4 Å². The van der Waals surface area contributed by atoms with E-state index >= 15 is 0 Å². The summed E-state index contributed by atoms with van der Waals surface area (Å²) in [5.41, 5.74) is 0.537. The van der Waals surface area contributed by atoms with Crippen LogP contribution in [0.25, 0.3) is 0 Å². The lowest BCUT2D eigenvalue weighted by atomic mass is 10.3. The minimum Gasteiger partial charge on any atom is -0.311 e. The van der Waals surface area contributed by atoms with Crippen molar-refractivity contribution in [1.82, 2.24) is 4.72 Å². The van der Waals surface area contributed by atoms with E-state index in [9.17, 15) is 17.6 Å². The van der Waals surface area contributed by atoms with Crippen molar-refractivity contribution < 1.29 is 17.6 Å². The first-order valence-corrected chi connectivity index (χ1v) is 9.05. The number of sulfonamides is 1. The van der Waals surface area contributed by atoms with Gasteiger partial charge in [0.1, 0.15) is 5.82 Å². The van der Waals surface area contributed by atoms with Gasteiger partial charge >= 0.3 is 0 Å². The largest absolute Gasteiger partial charge is 0.311 e. The second-order valence-electron chi connectivity index (χ2n) is 5.46. The number of halogens is 2. The van der Waals surface area contributed by atoms with Crippen LogP contribution in [-0.4, -0.2) is 26.9 Å². The molecule has 5 nitrogen and oxygen atoms in total. The molecule has 1 aliphatic rings. The highest BCUT2D eigenvalue weighted by Crippen LogP contribution is 2.23. The second-order valence-corrected chi connectivity index (χ2v) is 7.61. The molecule has 1 saturated heterocycles. The molecule has 1 atom stereocenters. The Hall–Kier alpha value is -1.96. The second kappa shape index (κ2) is 6.51. The summed E-state index contributed by atoms with van der Waals surface area (Å²) in [6, 6.07) is 10.7. The van der Waals surface area contributed by atoms with Gasteiger partial charge in [-0.3, -0.25) is 4.79 Å². The number of benzene rings is 2. The molecule has 1 heterocycles. The predicted molar refractivity (Wildman–Crippen MR) is 88.9 cm³/mol. The monoisotopic (exact) mass is 368 g/mol. The molecule has 0 unspecified atom stereocenters. The van der Waals surface area contributed by atoms with E-state index in [1.807, 2.05) is 0 Å². The number of nitrogens with zero attached hydrogens (tertiary/aromatic N) is 1. The number of hydrogen-bond donors (Lipinski definition) is 1. The van der Waals surface area contributed by atoms with Gasteiger partial charge in [0.25, 0.3) is 0 Å². The van der Waals surface area contributed by atoms with E-state index in [1.54, 1.807) is 0 Å². The Bertz CT molecular complexity index is 854. The van der Waals surface area contributed by atoms with E-state index in [2.05, 4.69) is 4.72 Å². The molecule has 3 rings (SSSR count). The molecule has 1 amide bonds. The molecular weight excluding hydrogens is 355 g/mol. The van der Waals surface area contributed by atoms with E-state index in [0.717, 1.165) is 0 Å². The molecule has 2 aromatic rings. The van der Waals surface area contributed by atoms with Crippen LogP contribution < -0.4 is 9.62 Å². The van der Waals surface area contributed by atoms with E-state index < -0.39 is 21.9 Å². The summed E-state index contributed by atoms with van der Waals surface area (Å²) in [7, 11) is -3.74. The summed E-state index contributed by atoms with van der Waals surface area (Å²) in [6.45, 7) is 0.192. The SMILES string of the molecule is O=C1C[C@H](NS(=O)(=O)c2ccc(Cl)cc2)CN1c1ccc(F)cc1. The van der Waals surface area contributed by atoms with Crippen molar-refractivity contribution in [1.29, 1.82) is 0 Å². The Balaban J connectivity index is 1.74. The zero-order valence-corrected chi connectivity index (χ0v) is 14.0. The van der Waals surface area contributed by atoms with Crippen LogP contribution >= 0.6 is 11.6 Å². The van der Waals surface area contributed by atoms with Crippen molar-refractivity contribution in [2.75, 3.05) is 11.4 Å². The summed E-state index contributed by atoms with van der Waals surface area (Å²) >= 11 is 5.76. The average molecular weight is 369 g/mol. The van der Waals surface area contributed by atoms with E-state index in [4.69, 9.17) is 11.6 Å². The van der Waals surface area contributed by atoms with Gasteiger partial charge in [-0.05, 0) is 48.5 Å². The fourth-order valence-electron chi connectivity index (χ4n) is 2.56. The Labute approximate surface area is 144 Å². The van der Waals surface area contributed by atoms with Gasteiger partial charge in [0.05, 0.1) is 4.90 Å². The van der Waals surface area contributed by atoms with Gasteiger partial charge in [0, 0.05) is 29.7 Å². The molecule has 24 heavy (non-hydrogen) atoms. The Kier molecular flexibility index (Phi) is 4.58. The summed E-state index contributed by atoms with van der Waals surface area (Å²) < 4.78 is 40.2. The Morgan fingerprint density at radius 1 is 1.08 bits per heavy atom. The van der Waals surface area contributed by atoms with Crippen molar-refractivity contribution in [2.45, 2.75) is 17.4 Å². The molecule has 0 aromatic heterocycles. The number of hydrogen-bond acceptors (Lipinski definition) is 3. The summed E-state index contributed by atoms with van der Waals surface area (Å²) in [5.74, 6) is -0.615. The Morgan fingerprint density at radius 2 is 1.71 bits per heavy atom. The first-order valence-electron chi connectivity index (χ1n) is 7.19. The van der Waals surface area contributed by atoms with Gasteiger partial charge in [-0.15, -0.1) is 0 Å². The van der Waals surface area contributed by atoms with Gasteiger partial charge in [-0.1, -0.05) is 11.6 Å². The average Bonchev–Trinajstić information content (AvgIpc) is 2.88. The third kappa shape index (κ3) is 3.58. The topological polar surface area (TPSA) is 66.5 Å². The number of nitrogens with one attached hydrogen (secondary N) is 1. The third-order valence-corrected chi connectivity index (χ3v) is 5.50. The summed E-state index contributed by atoms with van der Waals surface area (Å²) in [4.78, 5) is 13.6. The van der Waals surface area contributed by atoms with Crippen LogP contribution in [-0.2, 0) is 14.8 Å². The van der Waals surface area contributed by atoms with Gasteiger partial charge in [-0.25, -0.2) is 17.5 Å². The maximum Gasteiger partial charge on any atom is 0.240 e. The number of anilines is 1. The molecule has 0 radical (unpaired) electrons. The first kappa shape index (κ1) is 16.9. The smallest absolute Gasteiger partial charge is 0.240 e. The molecule has 126 valence electrons. The molecule has 1 N–H and O–H groups in total. The number of rotatable bonds is 4. The fourth-order valence-corrected chi connectivity index (χ4v) is 3.91. The zero-order chi connectivity index (χ0) is 17.3. The van der Waals surface area contributed by atoms with Crippen LogP contribution in [0.5, 0.6) is 0 Å². The quantitative estimate of drug-likeness (QED) is 0.902. The lowest BCUT2D eigenvalue weighted by Crippen LogP contribution is -2.37. The predicted octanol–water partition coefficient (Wildman–Crippen LogP) is 2.56. The highest BCUT2D eigenvalue weighted by molar-refractivity contribution is 7.89. The molecule has 2 aromatic carbocycles. The number of carbonyl (C=O) groups excluding carboxylic acids is 1. The third-order valence-electron chi connectivity index (χ3n) is 3.71. The van der Waals surface area contributed by atoms with Gasteiger partial charge < -0.3 is 4.90 Å². The van der Waals surface area contributed by atoms with Crippen LogP contribution in [0.1, 0.15) is 6.42 Å². The van der Waals surface area contributed by atoms with Crippen molar-refractivity contribution in [3.8, 4) is 0 Å². The minimum atomic E-state index is -3.74. The van der Waals surface area contributed by atoms with Crippen molar-refractivity contribution in [3.05, 3.63) is 59.4 Å². The zero-order valence-electron chi connectivity index (χ0n) is 12.4. The van der Waals surface area contributed by atoms with Crippen molar-refractivity contribution in [2.24, 2.45) is 0 Å². The maximum atomic E-state index is 13.0. The molecule has 0 spiro atoms. The number of carbonyl (C=O) groups is 1. The fraction of sp³-hybridized carbons (Fsp3) is 0.188. The van der Waals surface area contributed by atoms with Crippen LogP contribution in [0.3, 0.4) is 0 Å². The van der Waals surface area contributed by atoms with Gasteiger partial charge in [0.2, 0.25) is 15.9 Å². The van der Waals surface area contributed by atoms with Crippen LogP contribution in [0, 0.1) is 5.82 Å². The summed E-state index contributed by atoms with van der Waals surface area (Å²) in [5, 5.41) is 0.437. The maximum absolute atomic E-state index is 13.0. The lowest BCUT2D eigenvalue weighted by Gasteiger charge is -2.17. The normalized spacial score (nSPS) is 18.2. The van der Waals surface area contributed by atoms with Crippen molar-refractivity contribution in [3.63, 3.8) is 0 Å². The highest BCUT2D eigenvalue weighted by Gasteiger charge is 2.33. The van der Waals surface area contributed by atoms with Crippen LogP contribution in [0.4, 0.5) is 10.1 Å². The molecule has 0 bridgehead atoms. The lowest BCUT2D eigenvalue weighted by molar-refractivity contribution is -0.117. The molecule has 8 heteroatoms. The van der Waals surface area contributed by atoms with E-state index in [0.29, 0.717) is 10.7 Å².